The molecule has 4 nitrogen and oxygen atoms in total. The number of ether oxygens (including phenoxy) is 1. The summed E-state index contributed by atoms with van der Waals surface area (Å²) in [5.41, 5.74) is 5.09. The normalized spacial score (nSPS) is 15.2. The van der Waals surface area contributed by atoms with E-state index in [9.17, 15) is 9.18 Å². The molecule has 3 aromatic rings. The van der Waals surface area contributed by atoms with Gasteiger partial charge in [0.05, 0.1) is 12.5 Å². The zero-order valence-electron chi connectivity index (χ0n) is 21.2. The zero-order chi connectivity index (χ0) is 24.8. The van der Waals surface area contributed by atoms with Gasteiger partial charge in [0.2, 0.25) is 0 Å². The zero-order valence-corrected chi connectivity index (χ0v) is 21.2. The summed E-state index contributed by atoms with van der Waals surface area (Å²) in [7, 11) is 0. The van der Waals surface area contributed by atoms with Crippen LogP contribution in [0, 0.1) is 25.6 Å². The van der Waals surface area contributed by atoms with E-state index in [4.69, 9.17) is 4.74 Å². The lowest BCUT2D eigenvalue weighted by atomic mass is 9.87. The number of halogens is 1. The minimum absolute atomic E-state index is 0.244. The highest BCUT2D eigenvalue weighted by Crippen LogP contribution is 2.29. The molecule has 5 heteroatoms. The van der Waals surface area contributed by atoms with E-state index >= 15 is 0 Å². The minimum atomic E-state index is -0.442. The first-order valence-electron chi connectivity index (χ1n) is 13.0. The van der Waals surface area contributed by atoms with Crippen molar-refractivity contribution in [1.29, 1.82) is 0 Å². The Kier molecular flexibility index (Phi) is 8.37. The van der Waals surface area contributed by atoms with Crippen molar-refractivity contribution in [2.75, 3.05) is 6.61 Å². The van der Waals surface area contributed by atoms with Crippen LogP contribution in [0.1, 0.15) is 78.6 Å². The summed E-state index contributed by atoms with van der Waals surface area (Å²) < 4.78 is 21.3. The Hall–Kier alpha value is -2.95. The molecule has 0 saturated heterocycles. The van der Waals surface area contributed by atoms with Gasteiger partial charge in [-0.2, -0.15) is 0 Å². The number of rotatable bonds is 9. The molecule has 1 aliphatic carbocycles. The van der Waals surface area contributed by atoms with Crippen molar-refractivity contribution in [3.05, 3.63) is 88.3 Å². The van der Waals surface area contributed by atoms with Gasteiger partial charge >= 0.3 is 5.97 Å². The molecular formula is C30H37FN2O2. The first kappa shape index (κ1) is 25.2. The number of aromatic nitrogens is 2. The second-order valence-electron chi connectivity index (χ2n) is 9.95. The van der Waals surface area contributed by atoms with Crippen LogP contribution in [0.2, 0.25) is 0 Å². The number of imidazole rings is 1. The summed E-state index contributed by atoms with van der Waals surface area (Å²) in [6.45, 7) is 6.88. The molecule has 0 bridgehead atoms. The first-order chi connectivity index (χ1) is 16.9. The highest BCUT2D eigenvalue weighted by atomic mass is 19.1. The molecule has 1 aromatic heterocycles. The third-order valence-electron chi connectivity index (χ3n) is 7.41. The van der Waals surface area contributed by atoms with Gasteiger partial charge in [0, 0.05) is 25.4 Å². The van der Waals surface area contributed by atoms with E-state index < -0.39 is 5.92 Å². The molecule has 0 radical (unpaired) electrons. The van der Waals surface area contributed by atoms with E-state index in [1.54, 1.807) is 6.07 Å². The quantitative estimate of drug-likeness (QED) is 0.323. The van der Waals surface area contributed by atoms with Crippen molar-refractivity contribution in [3.8, 4) is 0 Å². The van der Waals surface area contributed by atoms with Gasteiger partial charge in [-0.1, -0.05) is 56.4 Å². The Morgan fingerprint density at radius 1 is 1.09 bits per heavy atom. The van der Waals surface area contributed by atoms with Crippen LogP contribution in [0.4, 0.5) is 4.39 Å². The number of esters is 1. The average molecular weight is 477 g/mol. The predicted octanol–water partition coefficient (Wildman–Crippen LogP) is 6.70. The predicted molar refractivity (Wildman–Crippen MR) is 137 cm³/mol. The number of hydrogen-bond donors (Lipinski definition) is 0. The van der Waals surface area contributed by atoms with E-state index in [0.29, 0.717) is 13.0 Å². The number of carbonyl (C=O) groups excluding carboxylic acids is 1. The summed E-state index contributed by atoms with van der Waals surface area (Å²) in [6.07, 6.45) is 12.1. The van der Waals surface area contributed by atoms with Gasteiger partial charge in [0.1, 0.15) is 11.6 Å². The van der Waals surface area contributed by atoms with Gasteiger partial charge in [-0.3, -0.25) is 4.79 Å². The van der Waals surface area contributed by atoms with Gasteiger partial charge in [-0.15, -0.1) is 0 Å². The topological polar surface area (TPSA) is 44.1 Å². The summed E-state index contributed by atoms with van der Waals surface area (Å²) >= 11 is 0. The van der Waals surface area contributed by atoms with Gasteiger partial charge in [-0.05, 0) is 73.1 Å². The molecule has 1 atom stereocenters. The van der Waals surface area contributed by atoms with Gasteiger partial charge < -0.3 is 9.30 Å². The van der Waals surface area contributed by atoms with Crippen LogP contribution >= 0.6 is 0 Å². The standard InChI is InChI=1S/C30H37FN2O2/c1-4-35-30(34)28(19-24-12-13-27(31)16-22(24)3)25-11-10-21(2)26(18-25)20-33-15-14-32-29(33)17-23-8-6-5-7-9-23/h10-16,18,23,28H,4-9,17,19-20H2,1-3H3. The third kappa shape index (κ3) is 6.39. The largest absolute Gasteiger partial charge is 0.466 e. The maximum Gasteiger partial charge on any atom is 0.313 e. The molecule has 1 saturated carbocycles. The van der Waals surface area contributed by atoms with Crippen LogP contribution in [-0.4, -0.2) is 22.1 Å². The molecule has 0 aliphatic heterocycles. The lowest BCUT2D eigenvalue weighted by Gasteiger charge is -2.22. The van der Waals surface area contributed by atoms with Crippen LogP contribution in [0.15, 0.2) is 48.8 Å². The fourth-order valence-electron chi connectivity index (χ4n) is 5.27. The molecule has 35 heavy (non-hydrogen) atoms. The molecule has 0 spiro atoms. The molecule has 2 aromatic carbocycles. The monoisotopic (exact) mass is 476 g/mol. The summed E-state index contributed by atoms with van der Waals surface area (Å²) in [6, 6.07) is 11.0. The lowest BCUT2D eigenvalue weighted by Crippen LogP contribution is -2.19. The Bertz CT molecular complexity index is 1150. The molecule has 1 aliphatic rings. The van der Waals surface area contributed by atoms with Crippen molar-refractivity contribution < 1.29 is 13.9 Å². The fourth-order valence-corrected chi connectivity index (χ4v) is 5.27. The van der Waals surface area contributed by atoms with Gasteiger partial charge in [-0.25, -0.2) is 9.37 Å². The molecule has 1 heterocycles. The smallest absolute Gasteiger partial charge is 0.313 e. The van der Waals surface area contributed by atoms with E-state index in [0.717, 1.165) is 41.4 Å². The minimum Gasteiger partial charge on any atom is -0.466 e. The first-order valence-corrected chi connectivity index (χ1v) is 13.0. The summed E-state index contributed by atoms with van der Waals surface area (Å²) in [5, 5.41) is 0. The molecular weight excluding hydrogens is 439 g/mol. The van der Waals surface area contributed by atoms with Crippen LogP contribution in [-0.2, 0) is 28.9 Å². The van der Waals surface area contributed by atoms with Crippen molar-refractivity contribution in [2.24, 2.45) is 5.92 Å². The van der Waals surface area contributed by atoms with Crippen LogP contribution in [0.5, 0.6) is 0 Å². The van der Waals surface area contributed by atoms with Crippen molar-refractivity contribution >= 4 is 5.97 Å². The maximum atomic E-state index is 13.6. The van der Waals surface area contributed by atoms with E-state index in [2.05, 4.69) is 34.8 Å². The van der Waals surface area contributed by atoms with Crippen molar-refractivity contribution in [2.45, 2.75) is 78.2 Å². The van der Waals surface area contributed by atoms with Crippen LogP contribution < -0.4 is 0 Å². The molecule has 1 unspecified atom stereocenters. The van der Waals surface area contributed by atoms with Gasteiger partial charge in [0.25, 0.3) is 0 Å². The number of hydrogen-bond acceptors (Lipinski definition) is 3. The molecule has 0 N–H and O–H groups in total. The van der Waals surface area contributed by atoms with Crippen molar-refractivity contribution in [1.82, 2.24) is 9.55 Å². The fraction of sp³-hybridized carbons (Fsp3) is 0.467. The Balaban J connectivity index is 1.58. The lowest BCUT2D eigenvalue weighted by molar-refractivity contribution is -0.144. The van der Waals surface area contributed by atoms with Crippen LogP contribution in [0.25, 0.3) is 0 Å². The number of aryl methyl sites for hydroxylation is 2. The highest BCUT2D eigenvalue weighted by Gasteiger charge is 2.24. The molecule has 4 rings (SSSR count). The van der Waals surface area contributed by atoms with Crippen LogP contribution in [0.3, 0.4) is 0 Å². The third-order valence-corrected chi connectivity index (χ3v) is 7.41. The van der Waals surface area contributed by atoms with Crippen molar-refractivity contribution in [3.63, 3.8) is 0 Å². The molecule has 0 amide bonds. The second kappa shape index (κ2) is 11.7. The number of carbonyl (C=O) groups is 1. The molecule has 186 valence electrons. The number of benzene rings is 2. The Morgan fingerprint density at radius 3 is 2.63 bits per heavy atom. The van der Waals surface area contributed by atoms with E-state index in [1.807, 2.05) is 26.1 Å². The highest BCUT2D eigenvalue weighted by molar-refractivity contribution is 5.78. The maximum absolute atomic E-state index is 13.6. The average Bonchev–Trinajstić information content (AvgIpc) is 3.27. The molecule has 1 fully saturated rings. The Morgan fingerprint density at radius 2 is 1.89 bits per heavy atom. The van der Waals surface area contributed by atoms with E-state index in [-0.39, 0.29) is 11.8 Å². The van der Waals surface area contributed by atoms with Gasteiger partial charge in [0.15, 0.2) is 0 Å². The SMILES string of the molecule is CCOC(=O)C(Cc1ccc(F)cc1C)c1ccc(C)c(Cn2ccnc2CC2CCCCC2)c1. The second-order valence-corrected chi connectivity index (χ2v) is 9.95. The van der Waals surface area contributed by atoms with E-state index in [1.165, 1.54) is 55.4 Å². The number of nitrogens with zero attached hydrogens (tertiary/aromatic N) is 2. The summed E-state index contributed by atoms with van der Waals surface area (Å²) in [5.74, 6) is 0.922. The Labute approximate surface area is 208 Å². The summed E-state index contributed by atoms with van der Waals surface area (Å²) in [4.78, 5) is 17.7.